The third kappa shape index (κ3) is 3.86. The molecule has 0 saturated carbocycles. The lowest BCUT2D eigenvalue weighted by atomic mass is 10.1. The Bertz CT molecular complexity index is 365. The highest BCUT2D eigenvalue weighted by Crippen LogP contribution is 2.04. The average molecular weight is 241 g/mol. The van der Waals surface area contributed by atoms with Crippen LogP contribution >= 0.6 is 0 Å². The molecule has 0 aromatic carbocycles. The summed E-state index contributed by atoms with van der Waals surface area (Å²) >= 11 is 0. The standard InChI is InChI=1S/C10H15N3O4/c1-2-13(6-5-9(15)16)10(17)7-3-4-8(14)12-11-7/h2-6H2,1H3,(H,12,14)(H,15,16). The number of carbonyl (C=O) groups excluding carboxylic acids is 2. The molecule has 0 aromatic rings. The summed E-state index contributed by atoms with van der Waals surface area (Å²) in [5, 5.41) is 12.2. The van der Waals surface area contributed by atoms with E-state index in [9.17, 15) is 14.4 Å². The van der Waals surface area contributed by atoms with Crippen LogP contribution in [0.1, 0.15) is 26.2 Å². The molecule has 0 spiro atoms. The fourth-order valence-electron chi connectivity index (χ4n) is 1.44. The van der Waals surface area contributed by atoms with Crippen LogP contribution in [0.4, 0.5) is 0 Å². The predicted octanol–water partition coefficient (Wildman–Crippen LogP) is -0.424. The first kappa shape index (κ1) is 13.1. The summed E-state index contributed by atoms with van der Waals surface area (Å²) in [4.78, 5) is 34.6. The Morgan fingerprint density at radius 1 is 1.47 bits per heavy atom. The molecular formula is C10H15N3O4. The maximum absolute atomic E-state index is 11.9. The number of hydrazone groups is 1. The maximum Gasteiger partial charge on any atom is 0.305 e. The van der Waals surface area contributed by atoms with E-state index >= 15 is 0 Å². The lowest BCUT2D eigenvalue weighted by Crippen LogP contribution is -2.41. The minimum Gasteiger partial charge on any atom is -0.481 e. The van der Waals surface area contributed by atoms with Crippen molar-refractivity contribution in [1.82, 2.24) is 10.3 Å². The fourth-order valence-corrected chi connectivity index (χ4v) is 1.44. The Kier molecular flexibility index (Phi) is 4.62. The second-order valence-corrected chi connectivity index (χ2v) is 3.62. The van der Waals surface area contributed by atoms with Gasteiger partial charge < -0.3 is 10.0 Å². The zero-order chi connectivity index (χ0) is 12.8. The quantitative estimate of drug-likeness (QED) is 0.682. The van der Waals surface area contributed by atoms with Gasteiger partial charge in [-0.1, -0.05) is 0 Å². The first-order chi connectivity index (χ1) is 8.04. The molecule has 0 atom stereocenters. The van der Waals surface area contributed by atoms with E-state index in [1.807, 2.05) is 0 Å². The summed E-state index contributed by atoms with van der Waals surface area (Å²) in [6, 6.07) is 0. The molecule has 0 bridgehead atoms. The van der Waals surface area contributed by atoms with Crippen molar-refractivity contribution in [3.8, 4) is 0 Å². The van der Waals surface area contributed by atoms with Crippen LogP contribution in [-0.2, 0) is 14.4 Å². The molecule has 1 rings (SSSR count). The van der Waals surface area contributed by atoms with Crippen LogP contribution in [0.25, 0.3) is 0 Å². The molecule has 0 saturated heterocycles. The van der Waals surface area contributed by atoms with Crippen LogP contribution in [-0.4, -0.2) is 46.6 Å². The van der Waals surface area contributed by atoms with Crippen molar-refractivity contribution in [1.29, 1.82) is 0 Å². The zero-order valence-corrected chi connectivity index (χ0v) is 9.60. The van der Waals surface area contributed by atoms with Gasteiger partial charge >= 0.3 is 5.97 Å². The summed E-state index contributed by atoms with van der Waals surface area (Å²) < 4.78 is 0. The van der Waals surface area contributed by atoms with Gasteiger partial charge in [-0.3, -0.25) is 14.4 Å². The third-order valence-corrected chi connectivity index (χ3v) is 2.42. The normalized spacial score (nSPS) is 14.9. The number of nitrogens with one attached hydrogen (secondary N) is 1. The summed E-state index contributed by atoms with van der Waals surface area (Å²) in [7, 11) is 0. The predicted molar refractivity (Wildman–Crippen MR) is 59.3 cm³/mol. The molecule has 0 fully saturated rings. The monoisotopic (exact) mass is 241 g/mol. The van der Waals surface area contributed by atoms with Gasteiger partial charge in [0.1, 0.15) is 5.71 Å². The van der Waals surface area contributed by atoms with Crippen LogP contribution in [0.3, 0.4) is 0 Å². The number of carbonyl (C=O) groups is 3. The molecule has 1 aliphatic heterocycles. The Morgan fingerprint density at radius 2 is 2.18 bits per heavy atom. The number of rotatable bonds is 5. The van der Waals surface area contributed by atoms with Crippen molar-refractivity contribution >= 4 is 23.5 Å². The summed E-state index contributed by atoms with van der Waals surface area (Å²) in [6.45, 7) is 2.33. The Balaban J connectivity index is 2.59. The molecule has 2 N–H and O–H groups in total. The third-order valence-electron chi connectivity index (χ3n) is 2.42. The lowest BCUT2D eigenvalue weighted by molar-refractivity contribution is -0.137. The van der Waals surface area contributed by atoms with Crippen molar-refractivity contribution in [3.63, 3.8) is 0 Å². The highest BCUT2D eigenvalue weighted by molar-refractivity contribution is 6.39. The molecule has 0 unspecified atom stereocenters. The van der Waals surface area contributed by atoms with Gasteiger partial charge in [0.25, 0.3) is 5.91 Å². The molecule has 1 aliphatic rings. The van der Waals surface area contributed by atoms with Gasteiger partial charge in [0, 0.05) is 25.9 Å². The van der Waals surface area contributed by atoms with Gasteiger partial charge in [0.2, 0.25) is 5.91 Å². The average Bonchev–Trinajstić information content (AvgIpc) is 2.30. The van der Waals surface area contributed by atoms with Crippen LogP contribution < -0.4 is 5.43 Å². The molecule has 0 aromatic heterocycles. The second kappa shape index (κ2) is 5.97. The van der Waals surface area contributed by atoms with Crippen LogP contribution in [0.2, 0.25) is 0 Å². The second-order valence-electron chi connectivity index (χ2n) is 3.62. The number of hydrogen-bond acceptors (Lipinski definition) is 4. The largest absolute Gasteiger partial charge is 0.481 e. The molecular weight excluding hydrogens is 226 g/mol. The van der Waals surface area contributed by atoms with Crippen LogP contribution in [0.15, 0.2) is 5.10 Å². The Morgan fingerprint density at radius 3 is 2.65 bits per heavy atom. The van der Waals surface area contributed by atoms with Crippen molar-refractivity contribution in [2.24, 2.45) is 5.10 Å². The minimum absolute atomic E-state index is 0.0980. The number of carboxylic acid groups (broad SMARTS) is 1. The number of hydrogen-bond donors (Lipinski definition) is 2. The molecule has 17 heavy (non-hydrogen) atoms. The molecule has 0 aliphatic carbocycles. The van der Waals surface area contributed by atoms with Crippen molar-refractivity contribution < 1.29 is 19.5 Å². The highest BCUT2D eigenvalue weighted by atomic mass is 16.4. The molecule has 1 heterocycles. The van der Waals surface area contributed by atoms with Gasteiger partial charge in [-0.2, -0.15) is 5.10 Å². The SMILES string of the molecule is CCN(CCC(=O)O)C(=O)C1=NNC(=O)CC1. The minimum atomic E-state index is -0.949. The lowest BCUT2D eigenvalue weighted by Gasteiger charge is -2.22. The van der Waals surface area contributed by atoms with Gasteiger partial charge in [-0.05, 0) is 6.92 Å². The van der Waals surface area contributed by atoms with Crippen molar-refractivity contribution in [2.75, 3.05) is 13.1 Å². The Labute approximate surface area is 98.5 Å². The maximum atomic E-state index is 11.9. The number of aliphatic carboxylic acids is 1. The van der Waals surface area contributed by atoms with Gasteiger partial charge in [-0.15, -0.1) is 0 Å². The highest BCUT2D eigenvalue weighted by Gasteiger charge is 2.22. The topological polar surface area (TPSA) is 99.1 Å². The molecule has 94 valence electrons. The first-order valence-electron chi connectivity index (χ1n) is 5.41. The van der Waals surface area contributed by atoms with Crippen LogP contribution in [0.5, 0.6) is 0 Å². The smallest absolute Gasteiger partial charge is 0.305 e. The number of nitrogens with zero attached hydrogens (tertiary/aromatic N) is 2. The van der Waals surface area contributed by atoms with E-state index < -0.39 is 5.97 Å². The van der Waals surface area contributed by atoms with E-state index in [1.54, 1.807) is 6.92 Å². The molecule has 7 nitrogen and oxygen atoms in total. The summed E-state index contributed by atoms with van der Waals surface area (Å²) in [5.41, 5.74) is 2.52. The van der Waals surface area contributed by atoms with Gasteiger partial charge in [0.15, 0.2) is 0 Å². The number of carboxylic acids is 1. The van der Waals surface area contributed by atoms with E-state index in [0.717, 1.165) is 0 Å². The number of amides is 2. The molecule has 0 radical (unpaired) electrons. The fraction of sp³-hybridized carbons (Fsp3) is 0.600. The van der Waals surface area contributed by atoms with Crippen molar-refractivity contribution in [3.05, 3.63) is 0 Å². The van der Waals surface area contributed by atoms with E-state index in [-0.39, 0.29) is 36.9 Å². The van der Waals surface area contributed by atoms with E-state index in [4.69, 9.17) is 5.11 Å². The summed E-state index contributed by atoms with van der Waals surface area (Å²) in [6.07, 6.45) is 0.439. The van der Waals surface area contributed by atoms with E-state index in [1.165, 1.54) is 4.90 Å². The summed E-state index contributed by atoms with van der Waals surface area (Å²) in [5.74, 6) is -1.47. The van der Waals surface area contributed by atoms with E-state index in [0.29, 0.717) is 13.0 Å². The van der Waals surface area contributed by atoms with E-state index in [2.05, 4.69) is 10.5 Å². The molecule has 7 heteroatoms. The van der Waals surface area contributed by atoms with Gasteiger partial charge in [-0.25, -0.2) is 5.43 Å². The zero-order valence-electron chi connectivity index (χ0n) is 9.60. The van der Waals surface area contributed by atoms with Crippen molar-refractivity contribution in [2.45, 2.75) is 26.2 Å². The molecule has 2 amide bonds. The Hall–Kier alpha value is -1.92. The van der Waals surface area contributed by atoms with Crippen LogP contribution in [0, 0.1) is 0 Å². The van der Waals surface area contributed by atoms with Gasteiger partial charge in [0.05, 0.1) is 6.42 Å². The first-order valence-corrected chi connectivity index (χ1v) is 5.41.